The zero-order valence-corrected chi connectivity index (χ0v) is 16.3. The Balaban J connectivity index is 1.71. The Hall–Kier alpha value is -3.39. The van der Waals surface area contributed by atoms with Crippen LogP contribution < -0.4 is 20.5 Å². The molecule has 0 radical (unpaired) electrons. The van der Waals surface area contributed by atoms with Crippen LogP contribution in [-0.4, -0.2) is 29.3 Å². The summed E-state index contributed by atoms with van der Waals surface area (Å²) in [5, 5.41) is 6.95. The molecule has 3 rings (SSSR count). The van der Waals surface area contributed by atoms with Crippen LogP contribution in [0.2, 0.25) is 0 Å². The van der Waals surface area contributed by atoms with Crippen molar-refractivity contribution >= 4 is 5.91 Å². The number of amides is 1. The van der Waals surface area contributed by atoms with Crippen molar-refractivity contribution in [3.63, 3.8) is 0 Å². The van der Waals surface area contributed by atoms with Crippen LogP contribution in [0.3, 0.4) is 0 Å². The van der Waals surface area contributed by atoms with Crippen molar-refractivity contribution in [2.45, 2.75) is 13.0 Å². The standard InChI is InChI=1S/C21H23FN4O3/c1-26-13-15(12-25-26)7-8-24-21(27)16-4-6-19(28-2)20(10-16)29-18-5-3-14(11-23)9-17(18)22/h3-6,9-10,12-13H,7-8,11,23H2,1-2H3,(H,24,27). The van der Waals surface area contributed by atoms with E-state index < -0.39 is 5.82 Å². The maximum Gasteiger partial charge on any atom is 0.251 e. The molecule has 0 aliphatic rings. The van der Waals surface area contributed by atoms with Gasteiger partial charge >= 0.3 is 0 Å². The number of halogens is 1. The first-order chi connectivity index (χ1) is 14.0. The van der Waals surface area contributed by atoms with E-state index in [-0.39, 0.29) is 24.0 Å². The van der Waals surface area contributed by atoms with Crippen molar-refractivity contribution in [3.8, 4) is 17.2 Å². The third-order valence-corrected chi connectivity index (χ3v) is 4.34. The van der Waals surface area contributed by atoms with Gasteiger partial charge in [-0.2, -0.15) is 5.10 Å². The zero-order chi connectivity index (χ0) is 20.8. The Kier molecular flexibility index (Phi) is 6.46. The molecule has 0 spiro atoms. The molecule has 29 heavy (non-hydrogen) atoms. The van der Waals surface area contributed by atoms with Crippen molar-refractivity contribution < 1.29 is 18.7 Å². The van der Waals surface area contributed by atoms with Crippen LogP contribution in [0.15, 0.2) is 48.8 Å². The predicted molar refractivity (Wildman–Crippen MR) is 107 cm³/mol. The van der Waals surface area contributed by atoms with Gasteiger partial charge in [0.25, 0.3) is 5.91 Å². The van der Waals surface area contributed by atoms with Gasteiger partial charge in [-0.25, -0.2) is 4.39 Å². The van der Waals surface area contributed by atoms with Crippen LogP contribution in [0.25, 0.3) is 0 Å². The summed E-state index contributed by atoms with van der Waals surface area (Å²) >= 11 is 0. The number of benzene rings is 2. The van der Waals surface area contributed by atoms with E-state index in [1.54, 1.807) is 29.1 Å². The van der Waals surface area contributed by atoms with Crippen LogP contribution in [0.4, 0.5) is 4.39 Å². The average Bonchev–Trinajstić information content (AvgIpc) is 3.14. The smallest absolute Gasteiger partial charge is 0.251 e. The van der Waals surface area contributed by atoms with Crippen LogP contribution in [0.5, 0.6) is 17.2 Å². The van der Waals surface area contributed by atoms with Gasteiger partial charge in [-0.05, 0) is 47.9 Å². The summed E-state index contributed by atoms with van der Waals surface area (Å²) in [6.07, 6.45) is 4.32. The summed E-state index contributed by atoms with van der Waals surface area (Å²) in [5.41, 5.74) is 7.59. The molecular weight excluding hydrogens is 375 g/mol. The largest absolute Gasteiger partial charge is 0.493 e. The second-order valence-electron chi connectivity index (χ2n) is 6.46. The molecule has 1 aromatic heterocycles. The summed E-state index contributed by atoms with van der Waals surface area (Å²) in [6, 6.07) is 9.25. The Morgan fingerprint density at radius 3 is 2.62 bits per heavy atom. The highest BCUT2D eigenvalue weighted by atomic mass is 19.1. The molecule has 1 heterocycles. The third-order valence-electron chi connectivity index (χ3n) is 4.34. The van der Waals surface area contributed by atoms with Gasteiger partial charge in [-0.1, -0.05) is 6.07 Å². The molecule has 2 aromatic carbocycles. The third kappa shape index (κ3) is 5.11. The van der Waals surface area contributed by atoms with Crippen molar-refractivity contribution in [3.05, 3.63) is 71.3 Å². The van der Waals surface area contributed by atoms with E-state index in [2.05, 4.69) is 10.4 Å². The first-order valence-corrected chi connectivity index (χ1v) is 9.10. The summed E-state index contributed by atoms with van der Waals surface area (Å²) in [7, 11) is 3.32. The summed E-state index contributed by atoms with van der Waals surface area (Å²) in [4.78, 5) is 12.5. The fourth-order valence-corrected chi connectivity index (χ4v) is 2.79. The highest BCUT2D eigenvalue weighted by molar-refractivity contribution is 5.94. The van der Waals surface area contributed by atoms with Crippen LogP contribution in [0, 0.1) is 5.82 Å². The first kappa shape index (κ1) is 20.3. The Labute approximate surface area is 168 Å². The topological polar surface area (TPSA) is 91.4 Å². The molecule has 0 aliphatic heterocycles. The molecule has 152 valence electrons. The van der Waals surface area contributed by atoms with Gasteiger partial charge in [-0.3, -0.25) is 9.48 Å². The molecule has 0 aliphatic carbocycles. The van der Waals surface area contributed by atoms with Gasteiger partial charge in [0.2, 0.25) is 0 Å². The number of carbonyl (C=O) groups is 1. The lowest BCUT2D eigenvalue weighted by atomic mass is 10.1. The second-order valence-corrected chi connectivity index (χ2v) is 6.46. The van der Waals surface area contributed by atoms with Crippen molar-refractivity contribution in [1.82, 2.24) is 15.1 Å². The van der Waals surface area contributed by atoms with E-state index in [1.807, 2.05) is 13.2 Å². The number of nitrogens with zero attached hydrogens (tertiary/aromatic N) is 2. The lowest BCUT2D eigenvalue weighted by Crippen LogP contribution is -2.25. The minimum absolute atomic E-state index is 0.0228. The van der Waals surface area contributed by atoms with Crippen molar-refractivity contribution in [2.24, 2.45) is 12.8 Å². The van der Waals surface area contributed by atoms with Gasteiger partial charge in [0.1, 0.15) is 0 Å². The predicted octanol–water partition coefficient (Wildman–Crippen LogP) is 2.79. The molecule has 0 saturated heterocycles. The molecule has 1 amide bonds. The SMILES string of the molecule is COc1ccc(C(=O)NCCc2cnn(C)c2)cc1Oc1ccc(CN)cc1F. The monoisotopic (exact) mass is 398 g/mol. The molecule has 0 bridgehead atoms. The van der Waals surface area contributed by atoms with E-state index in [1.165, 1.54) is 25.3 Å². The number of nitrogens with one attached hydrogen (secondary N) is 1. The Morgan fingerprint density at radius 1 is 1.17 bits per heavy atom. The fourth-order valence-electron chi connectivity index (χ4n) is 2.79. The number of aryl methyl sites for hydroxylation is 1. The number of ether oxygens (including phenoxy) is 2. The summed E-state index contributed by atoms with van der Waals surface area (Å²) < 4.78 is 26.9. The zero-order valence-electron chi connectivity index (χ0n) is 16.3. The summed E-state index contributed by atoms with van der Waals surface area (Å²) in [6.45, 7) is 0.692. The van der Waals surface area contributed by atoms with E-state index in [4.69, 9.17) is 15.2 Å². The molecule has 8 heteroatoms. The second kappa shape index (κ2) is 9.20. The molecule has 0 fully saturated rings. The van der Waals surface area contributed by atoms with Crippen molar-refractivity contribution in [1.29, 1.82) is 0 Å². The fraction of sp³-hybridized carbons (Fsp3) is 0.238. The van der Waals surface area contributed by atoms with Gasteiger partial charge < -0.3 is 20.5 Å². The lowest BCUT2D eigenvalue weighted by molar-refractivity contribution is 0.0953. The first-order valence-electron chi connectivity index (χ1n) is 9.10. The van der Waals surface area contributed by atoms with Crippen LogP contribution in [-0.2, 0) is 20.0 Å². The Bertz CT molecular complexity index is 1000. The number of rotatable bonds is 8. The minimum Gasteiger partial charge on any atom is -0.493 e. The maximum atomic E-state index is 14.2. The molecule has 0 atom stereocenters. The van der Waals surface area contributed by atoms with Gasteiger partial charge in [0.15, 0.2) is 23.1 Å². The molecule has 0 unspecified atom stereocenters. The number of hydrogen-bond acceptors (Lipinski definition) is 5. The van der Waals surface area contributed by atoms with Crippen LogP contribution in [0.1, 0.15) is 21.5 Å². The molecule has 7 nitrogen and oxygen atoms in total. The number of aromatic nitrogens is 2. The number of methoxy groups -OCH3 is 1. The van der Waals surface area contributed by atoms with Gasteiger partial charge in [0.05, 0.1) is 13.3 Å². The van der Waals surface area contributed by atoms with E-state index in [0.717, 1.165) is 5.56 Å². The van der Waals surface area contributed by atoms with E-state index in [0.29, 0.717) is 29.8 Å². The maximum absolute atomic E-state index is 14.2. The van der Waals surface area contributed by atoms with Gasteiger partial charge in [-0.15, -0.1) is 0 Å². The highest BCUT2D eigenvalue weighted by Crippen LogP contribution is 2.33. The van der Waals surface area contributed by atoms with Crippen LogP contribution >= 0.6 is 0 Å². The molecule has 3 aromatic rings. The molecule has 0 saturated carbocycles. The molecule has 3 N–H and O–H groups in total. The Morgan fingerprint density at radius 2 is 1.97 bits per heavy atom. The number of carbonyl (C=O) groups excluding carboxylic acids is 1. The normalized spacial score (nSPS) is 10.6. The van der Waals surface area contributed by atoms with E-state index >= 15 is 0 Å². The van der Waals surface area contributed by atoms with E-state index in [9.17, 15) is 9.18 Å². The highest BCUT2D eigenvalue weighted by Gasteiger charge is 2.14. The lowest BCUT2D eigenvalue weighted by Gasteiger charge is -2.13. The quantitative estimate of drug-likeness (QED) is 0.609. The van der Waals surface area contributed by atoms with Crippen molar-refractivity contribution in [2.75, 3.05) is 13.7 Å². The number of nitrogens with two attached hydrogens (primary N) is 1. The molecular formula is C21H23FN4O3. The van der Waals surface area contributed by atoms with Gasteiger partial charge in [0, 0.05) is 31.9 Å². The number of hydrogen-bond donors (Lipinski definition) is 2. The minimum atomic E-state index is -0.540. The average molecular weight is 398 g/mol. The summed E-state index contributed by atoms with van der Waals surface area (Å²) in [5.74, 6) is -0.151.